The number of benzene rings is 6. The van der Waals surface area contributed by atoms with Crippen molar-refractivity contribution in [2.24, 2.45) is 5.73 Å². The Hall–Kier alpha value is -13.3. The lowest BCUT2D eigenvalue weighted by Crippen LogP contribution is -2.55. The molecule has 9 aliphatic rings. The van der Waals surface area contributed by atoms with Crippen molar-refractivity contribution in [1.29, 1.82) is 15.8 Å². The van der Waals surface area contributed by atoms with E-state index in [0.29, 0.717) is 135 Å². The standard InChI is InChI=1S/C36H44N8O3.C34H40ClN7O2.C34H40N8O3/c1-25-8-5-9-26-10-6-12-31(34(25)26)42-19-16-29-30(23-42)38-36(47-24-28-11-7-18-41(28)4)39-35(29)43-20-21-44(27(22-43)15-17-37)33(46)14-13-32(45)40(2)3;1-24-7-3-8-25-9-4-11-30(32(24)25)40-18-14-28-29(22-40)37-34(44-23-27-10-6-17-39(27)2)38-33(28)41-19-20-42(26(21-41)13-16-36)31(43)12-5-15-35;1-23-6-3-7-24-8-4-10-29(32(23)24)40-17-14-27-28(21-40)37-34(45-22-26-9-5-16-39(26)2)38-33(27)41-18-19-42(25(20-41)13-15-35)31(44)12-11-30(36)43/h5-6,8-10,12-14,27-28H,7,11,15-16,18-24H2,1-4H3;3-5,7-9,11-12,26-27H,6,10,13-15,17-23H2,1-2H3;3-4,6-8,10-12,25-26H,5,9,13-14,16-22H2,1-2H3,(H2,36,43)/b14-13+;12-5+;12-11+/t27-,28-;26-,27-;25-,26-/m000/s1. The van der Waals surface area contributed by atoms with Gasteiger partial charge in [0.15, 0.2) is 0 Å². The molecule has 6 aromatic carbocycles. The van der Waals surface area contributed by atoms with Crippen LogP contribution in [0.25, 0.3) is 32.3 Å². The number of alkyl halides is 1. The average Bonchev–Trinajstić information content (AvgIpc) is 0.894. The number of allylic oxidation sites excluding steroid dienone is 1. The Morgan fingerprint density at radius 3 is 1.02 bits per heavy atom. The number of fused-ring (bicyclic) bond motifs is 6. The van der Waals surface area contributed by atoms with Crippen LogP contribution in [0.3, 0.4) is 0 Å². The molecule has 0 spiro atoms. The first-order chi connectivity index (χ1) is 66.0. The van der Waals surface area contributed by atoms with Crippen LogP contribution >= 0.6 is 11.6 Å². The third-order valence-electron chi connectivity index (χ3n) is 28.3. The lowest BCUT2D eigenvalue weighted by Gasteiger charge is -2.42. The van der Waals surface area contributed by atoms with Gasteiger partial charge in [0.2, 0.25) is 29.5 Å². The molecular weight excluding hydrogens is 1730 g/mol. The normalized spacial score (nSPS) is 20.4. The predicted octanol–water partition coefficient (Wildman–Crippen LogP) is 11.2. The van der Waals surface area contributed by atoms with Crippen molar-refractivity contribution in [3.8, 4) is 36.2 Å². The number of piperazine rings is 3. The number of nitrogens with two attached hydrogens (primary N) is 1. The molecule has 6 atom stereocenters. The highest BCUT2D eigenvalue weighted by atomic mass is 35.5. The van der Waals surface area contributed by atoms with E-state index in [9.17, 15) is 39.8 Å². The Kier molecular flexibility index (Phi) is 31.1. The van der Waals surface area contributed by atoms with Crippen molar-refractivity contribution in [2.45, 2.75) is 154 Å². The van der Waals surface area contributed by atoms with Gasteiger partial charge >= 0.3 is 18.0 Å². The van der Waals surface area contributed by atoms with E-state index >= 15 is 0 Å². The molecule has 0 unspecified atom stereocenters. The molecule has 9 aromatic rings. The van der Waals surface area contributed by atoms with Gasteiger partial charge in [0, 0.05) is 197 Å². The van der Waals surface area contributed by atoms with Gasteiger partial charge in [-0.25, -0.2) is 0 Å². The van der Waals surface area contributed by atoms with Gasteiger partial charge in [0.1, 0.15) is 37.3 Å². The molecule has 136 heavy (non-hydrogen) atoms. The lowest BCUT2D eigenvalue weighted by atomic mass is 9.99. The number of aryl methyl sites for hydroxylation is 3. The molecule has 0 saturated carbocycles. The first kappa shape index (κ1) is 95.9. The number of hydrogen-bond donors (Lipinski definition) is 1. The number of nitrogens with zero attached hydrogens (tertiary/aromatic N) is 22. The second kappa shape index (κ2) is 44.0. The van der Waals surface area contributed by atoms with Crippen LogP contribution < -0.4 is 49.3 Å². The van der Waals surface area contributed by atoms with Gasteiger partial charge in [-0.05, 0) is 170 Å². The lowest BCUT2D eigenvalue weighted by molar-refractivity contribution is -0.129. The molecule has 6 fully saturated rings. The molecule has 0 bridgehead atoms. The highest BCUT2D eigenvalue weighted by molar-refractivity contribution is 6.19. The van der Waals surface area contributed by atoms with Crippen molar-refractivity contribution < 1.29 is 38.2 Å². The van der Waals surface area contributed by atoms with Crippen molar-refractivity contribution in [2.75, 3.05) is 189 Å². The Labute approximate surface area is 801 Å². The van der Waals surface area contributed by atoms with Crippen molar-refractivity contribution >= 4 is 108 Å². The minimum absolute atomic E-state index is 0.110. The van der Waals surface area contributed by atoms with Gasteiger partial charge in [0.05, 0.1) is 92.3 Å². The van der Waals surface area contributed by atoms with Crippen molar-refractivity contribution in [3.05, 3.63) is 196 Å². The van der Waals surface area contributed by atoms with Crippen LogP contribution in [0, 0.1) is 54.8 Å². The maximum Gasteiger partial charge on any atom is 0.318 e. The maximum atomic E-state index is 13.2. The van der Waals surface area contributed by atoms with Crippen LogP contribution in [0.15, 0.2) is 146 Å². The van der Waals surface area contributed by atoms with Crippen LogP contribution in [0.2, 0.25) is 0 Å². The largest absolute Gasteiger partial charge is 0.462 e. The molecule has 12 heterocycles. The van der Waals surface area contributed by atoms with Crippen molar-refractivity contribution in [1.82, 2.24) is 64.2 Å². The summed E-state index contributed by atoms with van der Waals surface area (Å²) in [7, 11) is 9.68. The summed E-state index contributed by atoms with van der Waals surface area (Å²) in [6.07, 6.45) is 17.6. The minimum Gasteiger partial charge on any atom is -0.462 e. The number of amides is 5. The topological polar surface area (TPSA) is 330 Å². The summed E-state index contributed by atoms with van der Waals surface area (Å²) in [6, 6.07) is 46.7. The zero-order valence-electron chi connectivity index (χ0n) is 79.4. The quantitative estimate of drug-likeness (QED) is 0.0434. The fourth-order valence-electron chi connectivity index (χ4n) is 20.9. The molecule has 6 saturated heterocycles. The maximum absolute atomic E-state index is 13.2. The number of primary amides is 1. The van der Waals surface area contributed by atoms with E-state index in [0.717, 1.165) is 148 Å². The van der Waals surface area contributed by atoms with E-state index in [1.807, 2.05) is 0 Å². The molecule has 2 N–H and O–H groups in total. The van der Waals surface area contributed by atoms with Crippen LogP contribution in [0.1, 0.15) is 108 Å². The molecule has 3 aromatic heterocycles. The highest BCUT2D eigenvalue weighted by Gasteiger charge is 2.40. The summed E-state index contributed by atoms with van der Waals surface area (Å²) in [5, 5.41) is 36.4. The number of nitriles is 3. The molecule has 9 aliphatic heterocycles. The molecule has 32 heteroatoms. The van der Waals surface area contributed by atoms with Gasteiger partial charge in [-0.1, -0.05) is 97.1 Å². The Bertz CT molecular complexity index is 6110. The minimum atomic E-state index is -0.685. The third kappa shape index (κ3) is 22.0. The monoisotopic (exact) mass is 1860 g/mol. The zero-order chi connectivity index (χ0) is 95.2. The molecule has 31 nitrogen and oxygen atoms in total. The van der Waals surface area contributed by atoms with Gasteiger partial charge in [0.25, 0.3) is 0 Å². The van der Waals surface area contributed by atoms with Gasteiger partial charge < -0.3 is 83.6 Å². The number of likely N-dealkylation sites (N-methyl/N-ethyl adjacent to an activating group) is 4. The van der Waals surface area contributed by atoms with E-state index in [1.54, 1.807) is 34.9 Å². The van der Waals surface area contributed by atoms with E-state index < -0.39 is 5.91 Å². The number of ether oxygens (including phenoxy) is 3. The van der Waals surface area contributed by atoms with Crippen LogP contribution in [-0.4, -0.2) is 289 Å². The SMILES string of the molecule is Cc1cccc2cccc(N3CCc4c(nc(OC[C@@H]5CCCN5C)nc4N4CCN(C(=O)/C=C/C(=O)N(C)C)[C@@H](CC#N)C4)C3)c12.Cc1cccc2cccc(N3CCc4c(nc(OC[C@@H]5CCCN5C)nc4N4CCN(C(=O)/C=C/C(N)=O)[C@@H](CC#N)C4)C3)c12.Cc1cccc2cccc(N3CCc4c(nc(OC[C@@H]5CCCN5C)nc4N4CCN(C(=O)/C=C/CCl)[C@@H](CC#N)C4)C3)c12. The molecule has 18 rings (SSSR count). The Morgan fingerprint density at radius 1 is 0.412 bits per heavy atom. The summed E-state index contributed by atoms with van der Waals surface area (Å²) in [5.74, 6) is 1.13. The molecule has 0 aliphatic carbocycles. The number of halogens is 1. The number of aromatic nitrogens is 6. The number of hydrogen-bond acceptors (Lipinski definition) is 26. The summed E-state index contributed by atoms with van der Waals surface area (Å²) in [6.45, 7) is 20.0. The summed E-state index contributed by atoms with van der Waals surface area (Å²) in [4.78, 5) is 120. The molecule has 710 valence electrons. The van der Waals surface area contributed by atoms with Crippen LogP contribution in [0.4, 0.5) is 34.5 Å². The van der Waals surface area contributed by atoms with Crippen molar-refractivity contribution in [3.63, 3.8) is 0 Å². The zero-order valence-corrected chi connectivity index (χ0v) is 80.2. The number of anilines is 6. The van der Waals surface area contributed by atoms with Crippen LogP contribution in [-0.2, 0) is 62.9 Å². The number of carbonyl (C=O) groups excluding carboxylic acids is 5. The van der Waals surface area contributed by atoms with E-state index in [4.69, 9.17) is 61.4 Å². The van der Waals surface area contributed by atoms with Gasteiger partial charge in [-0.3, -0.25) is 24.0 Å². The first-order valence-corrected chi connectivity index (χ1v) is 48.3. The van der Waals surface area contributed by atoms with E-state index in [2.05, 4.69) is 213 Å². The Morgan fingerprint density at radius 2 is 0.728 bits per heavy atom. The summed E-state index contributed by atoms with van der Waals surface area (Å²) >= 11 is 5.78. The number of likely N-dealkylation sites (tertiary alicyclic amines) is 3. The van der Waals surface area contributed by atoms with Crippen LogP contribution in [0.5, 0.6) is 18.0 Å². The number of carbonyl (C=O) groups is 5. The molecule has 0 radical (unpaired) electrons. The Balaban J connectivity index is 0.000000148. The number of rotatable bonds is 24. The fourth-order valence-corrected chi connectivity index (χ4v) is 21.0. The molecule has 5 amide bonds. The highest BCUT2D eigenvalue weighted by Crippen LogP contribution is 2.42. The fraction of sp³-hybridized carbons (Fsp3) is 0.462. The van der Waals surface area contributed by atoms with Gasteiger partial charge in [-0.15, -0.1) is 11.6 Å². The average molecular weight is 1860 g/mol. The second-order valence-electron chi connectivity index (χ2n) is 37.2. The van der Waals surface area contributed by atoms with E-state index in [-0.39, 0.29) is 66.9 Å². The smallest absolute Gasteiger partial charge is 0.318 e. The predicted molar refractivity (Wildman–Crippen MR) is 530 cm³/mol. The summed E-state index contributed by atoms with van der Waals surface area (Å²) < 4.78 is 18.9. The molecular formula is C104H124ClN23O8. The second-order valence-corrected chi connectivity index (χ2v) is 37.5. The summed E-state index contributed by atoms with van der Waals surface area (Å²) in [5.41, 5.74) is 18.7. The first-order valence-electron chi connectivity index (χ1n) is 47.8. The third-order valence-corrected chi connectivity index (χ3v) is 28.5. The van der Waals surface area contributed by atoms with Gasteiger partial charge in [-0.2, -0.15) is 45.7 Å². The van der Waals surface area contributed by atoms with E-state index in [1.165, 1.54) is 102 Å².